The van der Waals surface area contributed by atoms with E-state index in [1.807, 2.05) is 37.4 Å². The van der Waals surface area contributed by atoms with Gasteiger partial charge < -0.3 is 9.67 Å². The van der Waals surface area contributed by atoms with Gasteiger partial charge in [0.15, 0.2) is 11.0 Å². The Labute approximate surface area is 124 Å². The molecule has 0 radical (unpaired) electrons. The monoisotopic (exact) mass is 300 g/mol. The minimum absolute atomic E-state index is 0.0397. The third kappa shape index (κ3) is 2.73. The van der Waals surface area contributed by atoms with Crippen molar-refractivity contribution in [2.75, 3.05) is 5.75 Å². The first kappa shape index (κ1) is 13.6. The largest absolute Gasteiger partial charge is 0.481 e. The molecule has 21 heavy (non-hydrogen) atoms. The van der Waals surface area contributed by atoms with E-state index in [-0.39, 0.29) is 5.75 Å². The first-order valence-corrected chi connectivity index (χ1v) is 7.23. The Morgan fingerprint density at radius 3 is 2.95 bits per heavy atom. The quantitative estimate of drug-likeness (QED) is 0.744. The molecule has 0 aliphatic heterocycles. The number of carboxylic acid groups (broad SMARTS) is 1. The molecule has 3 aromatic rings. The fourth-order valence-electron chi connectivity index (χ4n) is 2.01. The number of benzene rings is 1. The molecule has 0 saturated carbocycles. The van der Waals surface area contributed by atoms with Crippen LogP contribution in [0.2, 0.25) is 0 Å². The number of nitrogens with zero attached hydrogens (tertiary/aromatic N) is 4. The molecule has 2 heterocycles. The molecule has 2 aromatic heterocycles. The van der Waals surface area contributed by atoms with E-state index >= 15 is 0 Å². The third-order valence-electron chi connectivity index (χ3n) is 3.01. The van der Waals surface area contributed by atoms with Gasteiger partial charge in [0.05, 0.1) is 11.3 Å². The van der Waals surface area contributed by atoms with E-state index in [1.54, 1.807) is 10.8 Å². The van der Waals surface area contributed by atoms with Crippen molar-refractivity contribution in [1.82, 2.24) is 19.7 Å². The number of hydrogen-bond donors (Lipinski definition) is 1. The molecular weight excluding hydrogens is 288 g/mol. The van der Waals surface area contributed by atoms with Gasteiger partial charge >= 0.3 is 5.97 Å². The Kier molecular flexibility index (Phi) is 3.57. The number of fused-ring (bicyclic) bond motifs is 1. The van der Waals surface area contributed by atoms with Crippen LogP contribution in [0.1, 0.15) is 0 Å². The molecule has 3 rings (SSSR count). The Hall–Kier alpha value is -2.41. The predicted octanol–water partition coefficient (Wildman–Crippen LogP) is 2.21. The number of aliphatic carboxylic acids is 1. The fourth-order valence-corrected chi connectivity index (χ4v) is 2.64. The van der Waals surface area contributed by atoms with Crippen LogP contribution in [0.4, 0.5) is 0 Å². The van der Waals surface area contributed by atoms with E-state index in [9.17, 15) is 4.79 Å². The summed E-state index contributed by atoms with van der Waals surface area (Å²) < 4.78 is 1.78. The summed E-state index contributed by atoms with van der Waals surface area (Å²) in [7, 11) is 1.81. The molecule has 0 unspecified atom stereocenters. The second-order valence-electron chi connectivity index (χ2n) is 4.46. The summed E-state index contributed by atoms with van der Waals surface area (Å²) in [4.78, 5) is 15.0. The maximum atomic E-state index is 10.6. The first-order valence-electron chi connectivity index (χ1n) is 6.24. The average Bonchev–Trinajstić information content (AvgIpc) is 2.85. The Bertz CT molecular complexity index is 816. The van der Waals surface area contributed by atoms with Gasteiger partial charge in [-0.1, -0.05) is 30.0 Å². The highest BCUT2D eigenvalue weighted by atomic mass is 32.2. The van der Waals surface area contributed by atoms with E-state index in [2.05, 4.69) is 15.2 Å². The average molecular weight is 300 g/mol. The third-order valence-corrected chi connectivity index (χ3v) is 4.01. The van der Waals surface area contributed by atoms with Crippen molar-refractivity contribution in [3.63, 3.8) is 0 Å². The Balaban J connectivity index is 1.97. The summed E-state index contributed by atoms with van der Waals surface area (Å²) in [5.41, 5.74) is 1.77. The zero-order valence-electron chi connectivity index (χ0n) is 11.2. The van der Waals surface area contributed by atoms with Gasteiger partial charge in [0.25, 0.3) is 0 Å². The van der Waals surface area contributed by atoms with Crippen LogP contribution in [0.5, 0.6) is 0 Å². The summed E-state index contributed by atoms with van der Waals surface area (Å²) in [6.07, 6.45) is 1.75. The standard InChI is InChI=1S/C14H12N4O2S/c1-18-13(16-17-14(18)21-8-12(19)20)10-6-9-4-2-3-5-11(9)15-7-10/h2-7H,8H2,1H3,(H,19,20). The van der Waals surface area contributed by atoms with E-state index < -0.39 is 5.97 Å². The van der Waals surface area contributed by atoms with Crippen LogP contribution in [0.25, 0.3) is 22.3 Å². The maximum Gasteiger partial charge on any atom is 0.313 e. The second-order valence-corrected chi connectivity index (χ2v) is 5.41. The van der Waals surface area contributed by atoms with Crippen molar-refractivity contribution in [3.05, 3.63) is 36.5 Å². The molecule has 1 aromatic carbocycles. The smallest absolute Gasteiger partial charge is 0.313 e. The molecule has 0 saturated heterocycles. The normalized spacial score (nSPS) is 10.9. The van der Waals surface area contributed by atoms with Crippen molar-refractivity contribution < 1.29 is 9.90 Å². The van der Waals surface area contributed by atoms with Crippen LogP contribution in [-0.4, -0.2) is 36.6 Å². The van der Waals surface area contributed by atoms with Gasteiger partial charge in [0, 0.05) is 24.2 Å². The predicted molar refractivity (Wildman–Crippen MR) is 80.1 cm³/mol. The van der Waals surface area contributed by atoms with Crippen LogP contribution in [-0.2, 0) is 11.8 Å². The van der Waals surface area contributed by atoms with Gasteiger partial charge in [-0.3, -0.25) is 9.78 Å². The Morgan fingerprint density at radius 2 is 2.14 bits per heavy atom. The number of pyridine rings is 1. The van der Waals surface area contributed by atoms with E-state index in [1.165, 1.54) is 0 Å². The van der Waals surface area contributed by atoms with Gasteiger partial charge in [0.2, 0.25) is 0 Å². The highest BCUT2D eigenvalue weighted by Crippen LogP contribution is 2.24. The highest BCUT2D eigenvalue weighted by molar-refractivity contribution is 7.99. The lowest BCUT2D eigenvalue weighted by atomic mass is 10.1. The molecule has 7 heteroatoms. The van der Waals surface area contributed by atoms with Crippen LogP contribution >= 0.6 is 11.8 Å². The Morgan fingerprint density at radius 1 is 1.33 bits per heavy atom. The molecule has 0 aliphatic rings. The SMILES string of the molecule is Cn1c(SCC(=O)O)nnc1-c1cnc2ccccc2c1. The van der Waals surface area contributed by atoms with Crippen LogP contribution in [0.3, 0.4) is 0 Å². The van der Waals surface area contributed by atoms with Crippen molar-refractivity contribution in [1.29, 1.82) is 0 Å². The van der Waals surface area contributed by atoms with Crippen molar-refractivity contribution >= 4 is 28.6 Å². The van der Waals surface area contributed by atoms with Gasteiger partial charge in [-0.25, -0.2) is 0 Å². The number of carboxylic acids is 1. The lowest BCUT2D eigenvalue weighted by Gasteiger charge is -2.04. The van der Waals surface area contributed by atoms with Crippen molar-refractivity contribution in [2.24, 2.45) is 7.05 Å². The maximum absolute atomic E-state index is 10.6. The van der Waals surface area contributed by atoms with Gasteiger partial charge in [-0.2, -0.15) is 0 Å². The van der Waals surface area contributed by atoms with Crippen LogP contribution in [0.15, 0.2) is 41.7 Å². The molecule has 0 amide bonds. The number of aromatic nitrogens is 4. The molecule has 0 fully saturated rings. The fraction of sp³-hybridized carbons (Fsp3) is 0.143. The molecule has 1 N–H and O–H groups in total. The molecular formula is C14H12N4O2S. The van der Waals surface area contributed by atoms with E-state index in [0.29, 0.717) is 11.0 Å². The summed E-state index contributed by atoms with van der Waals surface area (Å²) in [5.74, 6) is -0.250. The first-order chi connectivity index (χ1) is 10.1. The zero-order chi connectivity index (χ0) is 14.8. The summed E-state index contributed by atoms with van der Waals surface area (Å²) >= 11 is 1.14. The van der Waals surface area contributed by atoms with Gasteiger partial charge in [-0.05, 0) is 12.1 Å². The molecule has 6 nitrogen and oxygen atoms in total. The number of carbonyl (C=O) groups is 1. The summed E-state index contributed by atoms with van der Waals surface area (Å²) in [6, 6.07) is 9.83. The van der Waals surface area contributed by atoms with E-state index in [0.717, 1.165) is 28.2 Å². The molecule has 106 valence electrons. The van der Waals surface area contributed by atoms with Gasteiger partial charge in [0.1, 0.15) is 0 Å². The highest BCUT2D eigenvalue weighted by Gasteiger charge is 2.13. The van der Waals surface area contributed by atoms with Gasteiger partial charge in [-0.15, -0.1) is 10.2 Å². The zero-order valence-corrected chi connectivity index (χ0v) is 12.0. The lowest BCUT2D eigenvalue weighted by molar-refractivity contribution is -0.133. The summed E-state index contributed by atoms with van der Waals surface area (Å²) in [6.45, 7) is 0. The molecule has 0 spiro atoms. The molecule has 0 atom stereocenters. The minimum atomic E-state index is -0.878. The number of para-hydroxylation sites is 1. The van der Waals surface area contributed by atoms with Crippen LogP contribution < -0.4 is 0 Å². The van der Waals surface area contributed by atoms with E-state index in [4.69, 9.17) is 5.11 Å². The van der Waals surface area contributed by atoms with Crippen molar-refractivity contribution in [2.45, 2.75) is 5.16 Å². The molecule has 0 aliphatic carbocycles. The number of thioether (sulfide) groups is 1. The lowest BCUT2D eigenvalue weighted by Crippen LogP contribution is -2.01. The molecule has 0 bridgehead atoms. The second kappa shape index (κ2) is 5.53. The van der Waals surface area contributed by atoms with Crippen LogP contribution in [0, 0.1) is 0 Å². The number of hydrogen-bond acceptors (Lipinski definition) is 5. The summed E-state index contributed by atoms with van der Waals surface area (Å²) in [5, 5.41) is 18.5. The number of rotatable bonds is 4. The van der Waals surface area contributed by atoms with Crippen molar-refractivity contribution in [3.8, 4) is 11.4 Å². The minimum Gasteiger partial charge on any atom is -0.481 e. The topological polar surface area (TPSA) is 80.9 Å².